The maximum atomic E-state index is 3.92. The normalized spacial score (nSPS) is 13.0. The van der Waals surface area contributed by atoms with Crippen molar-refractivity contribution in [1.82, 2.24) is 0 Å². The van der Waals surface area contributed by atoms with Gasteiger partial charge in [-0.1, -0.05) is 116 Å². The van der Waals surface area contributed by atoms with Crippen LogP contribution in [0, 0.1) is 19.8 Å². The van der Waals surface area contributed by atoms with Gasteiger partial charge in [-0.2, -0.15) is 0 Å². The second-order valence-electron chi connectivity index (χ2n) is 7.17. The summed E-state index contributed by atoms with van der Waals surface area (Å²) < 4.78 is 0. The Bertz CT molecular complexity index is 228. The molecule has 136 valence electrons. The van der Waals surface area contributed by atoms with Gasteiger partial charge in [0, 0.05) is 0 Å². The van der Waals surface area contributed by atoms with Crippen LogP contribution < -0.4 is 0 Å². The Morgan fingerprint density at radius 3 is 1.83 bits per heavy atom. The van der Waals surface area contributed by atoms with E-state index in [1.54, 1.807) is 0 Å². The lowest BCUT2D eigenvalue weighted by Crippen LogP contribution is -2.00. The molecular formula is C23H44. The van der Waals surface area contributed by atoms with Crippen molar-refractivity contribution in [3.05, 3.63) is 26.0 Å². The third-order valence-electron chi connectivity index (χ3n) is 4.84. The van der Waals surface area contributed by atoms with Gasteiger partial charge in [0.05, 0.1) is 0 Å². The van der Waals surface area contributed by atoms with E-state index in [-0.39, 0.29) is 0 Å². The molecule has 0 spiro atoms. The van der Waals surface area contributed by atoms with Crippen molar-refractivity contribution in [3.8, 4) is 0 Å². The van der Waals surface area contributed by atoms with Crippen molar-refractivity contribution >= 4 is 0 Å². The summed E-state index contributed by atoms with van der Waals surface area (Å²) in [5, 5.41) is 0. The molecule has 0 saturated heterocycles. The van der Waals surface area contributed by atoms with Crippen LogP contribution in [0.25, 0.3) is 0 Å². The van der Waals surface area contributed by atoms with Gasteiger partial charge in [0.15, 0.2) is 0 Å². The van der Waals surface area contributed by atoms with Crippen molar-refractivity contribution in [2.45, 2.75) is 116 Å². The fraction of sp³-hybridized carbons (Fsp3) is 0.826. The topological polar surface area (TPSA) is 0 Å². The number of unbranched alkanes of at least 4 members (excludes halogenated alkanes) is 10. The van der Waals surface area contributed by atoms with Gasteiger partial charge >= 0.3 is 0 Å². The molecule has 0 aliphatic rings. The van der Waals surface area contributed by atoms with Crippen molar-refractivity contribution in [2.24, 2.45) is 5.92 Å². The van der Waals surface area contributed by atoms with Crippen LogP contribution in [0.3, 0.4) is 0 Å². The van der Waals surface area contributed by atoms with E-state index >= 15 is 0 Å². The molecule has 1 atom stereocenters. The lowest BCUT2D eigenvalue weighted by Gasteiger charge is -2.15. The van der Waals surface area contributed by atoms with E-state index in [4.69, 9.17) is 0 Å². The van der Waals surface area contributed by atoms with Crippen LogP contribution in [0.15, 0.2) is 12.2 Å². The molecule has 0 aliphatic heterocycles. The van der Waals surface area contributed by atoms with Crippen molar-refractivity contribution in [1.29, 1.82) is 0 Å². The van der Waals surface area contributed by atoms with Crippen LogP contribution >= 0.6 is 0 Å². The van der Waals surface area contributed by atoms with E-state index in [0.717, 1.165) is 18.8 Å². The van der Waals surface area contributed by atoms with Gasteiger partial charge in [-0.25, -0.2) is 0 Å². The molecule has 0 aromatic carbocycles. The largest absolute Gasteiger partial charge is 0.0885 e. The summed E-state index contributed by atoms with van der Waals surface area (Å²) >= 11 is 0. The molecule has 0 aliphatic carbocycles. The Morgan fingerprint density at radius 1 is 0.609 bits per heavy atom. The Hall–Kier alpha value is -0.260. The van der Waals surface area contributed by atoms with Crippen molar-refractivity contribution in [3.63, 3.8) is 0 Å². The van der Waals surface area contributed by atoms with Crippen LogP contribution in [-0.2, 0) is 0 Å². The summed E-state index contributed by atoms with van der Waals surface area (Å²) in [5.74, 6) is 0.968. The molecule has 0 saturated carbocycles. The second kappa shape index (κ2) is 19.8. The molecule has 2 radical (unpaired) electrons. The number of allylic oxidation sites excluding steroid dienone is 2. The summed E-state index contributed by atoms with van der Waals surface area (Å²) in [7, 11) is 0. The summed E-state index contributed by atoms with van der Waals surface area (Å²) in [6, 6.07) is 0. The first-order valence-corrected chi connectivity index (χ1v) is 10.6. The molecule has 0 amide bonds. The molecule has 23 heavy (non-hydrogen) atoms. The Morgan fingerprint density at radius 2 is 1.17 bits per heavy atom. The first-order valence-electron chi connectivity index (χ1n) is 10.6. The highest BCUT2D eigenvalue weighted by atomic mass is 14.1. The smallest absolute Gasteiger partial charge is 0.0348 e. The van der Waals surface area contributed by atoms with Crippen LogP contribution in [-0.4, -0.2) is 0 Å². The molecule has 0 fully saturated rings. The fourth-order valence-corrected chi connectivity index (χ4v) is 3.34. The third kappa shape index (κ3) is 17.9. The average Bonchev–Trinajstić information content (AvgIpc) is 2.56. The van der Waals surface area contributed by atoms with Crippen LogP contribution in [0.5, 0.6) is 0 Å². The lowest BCUT2D eigenvalue weighted by atomic mass is 9.91. The standard InChI is InChI=1S/C23H44/c1-4-7-9-11-13-15-17-19-22-23(20-6-3)21-18-16-14-12-10-8-5-2/h15,17,23H,1-2,4-14,16,18-22H2,3H3/b17-15+. The van der Waals surface area contributed by atoms with E-state index in [9.17, 15) is 0 Å². The monoisotopic (exact) mass is 320 g/mol. The zero-order chi connectivity index (χ0) is 17.0. The molecule has 0 rings (SSSR count). The van der Waals surface area contributed by atoms with E-state index < -0.39 is 0 Å². The highest BCUT2D eigenvalue weighted by Crippen LogP contribution is 2.22. The van der Waals surface area contributed by atoms with Gasteiger partial charge in [-0.3, -0.25) is 0 Å². The molecule has 0 aromatic heterocycles. The second-order valence-corrected chi connectivity index (χ2v) is 7.17. The van der Waals surface area contributed by atoms with Crippen molar-refractivity contribution < 1.29 is 0 Å². The molecule has 0 heterocycles. The fourth-order valence-electron chi connectivity index (χ4n) is 3.34. The van der Waals surface area contributed by atoms with E-state index in [1.807, 2.05) is 0 Å². The predicted octanol–water partition coefficient (Wildman–Crippen LogP) is 8.48. The highest BCUT2D eigenvalue weighted by Gasteiger charge is 2.06. The van der Waals surface area contributed by atoms with Crippen LogP contribution in [0.4, 0.5) is 0 Å². The van der Waals surface area contributed by atoms with Gasteiger partial charge in [-0.05, 0) is 31.6 Å². The summed E-state index contributed by atoms with van der Waals surface area (Å²) in [4.78, 5) is 0. The maximum Gasteiger partial charge on any atom is -0.0348 e. The SMILES string of the molecule is [CH2]CCCCC/C=C/CCC(CCC)CCCCCCCC[CH2]. The Labute approximate surface area is 148 Å². The molecule has 0 aromatic rings. The first-order chi connectivity index (χ1) is 11.3. The Kier molecular flexibility index (Phi) is 19.6. The molecule has 0 nitrogen and oxygen atoms in total. The Balaban J connectivity index is 3.55. The minimum Gasteiger partial charge on any atom is -0.0885 e. The average molecular weight is 321 g/mol. The highest BCUT2D eigenvalue weighted by molar-refractivity contribution is 4.82. The molecule has 0 N–H and O–H groups in total. The van der Waals surface area contributed by atoms with Crippen LogP contribution in [0.1, 0.15) is 116 Å². The predicted molar refractivity (Wildman–Crippen MR) is 108 cm³/mol. The van der Waals surface area contributed by atoms with Crippen LogP contribution in [0.2, 0.25) is 0 Å². The lowest BCUT2D eigenvalue weighted by molar-refractivity contribution is 0.396. The quantitative estimate of drug-likeness (QED) is 0.175. The van der Waals surface area contributed by atoms with E-state index in [2.05, 4.69) is 32.9 Å². The molecule has 0 bridgehead atoms. The minimum atomic E-state index is 0.968. The number of rotatable bonds is 18. The summed E-state index contributed by atoms with van der Waals surface area (Å²) in [6.07, 6.45) is 27.7. The number of hydrogen-bond donors (Lipinski definition) is 0. The van der Waals surface area contributed by atoms with E-state index in [0.29, 0.717) is 0 Å². The molecule has 0 heteroatoms. The maximum absolute atomic E-state index is 3.92. The van der Waals surface area contributed by atoms with Gasteiger partial charge in [0.25, 0.3) is 0 Å². The van der Waals surface area contributed by atoms with Gasteiger partial charge in [0.2, 0.25) is 0 Å². The van der Waals surface area contributed by atoms with Gasteiger partial charge < -0.3 is 0 Å². The minimum absolute atomic E-state index is 0.968. The van der Waals surface area contributed by atoms with Gasteiger partial charge in [-0.15, -0.1) is 0 Å². The van der Waals surface area contributed by atoms with E-state index in [1.165, 1.54) is 96.3 Å². The number of hydrogen-bond acceptors (Lipinski definition) is 0. The first kappa shape index (κ1) is 22.7. The van der Waals surface area contributed by atoms with Gasteiger partial charge in [0.1, 0.15) is 0 Å². The zero-order valence-electron chi connectivity index (χ0n) is 16.2. The van der Waals surface area contributed by atoms with Crippen molar-refractivity contribution in [2.75, 3.05) is 0 Å². The summed E-state index contributed by atoms with van der Waals surface area (Å²) in [6.45, 7) is 10.2. The molecule has 1 unspecified atom stereocenters. The summed E-state index contributed by atoms with van der Waals surface area (Å²) in [5.41, 5.74) is 0. The zero-order valence-corrected chi connectivity index (χ0v) is 16.2. The third-order valence-corrected chi connectivity index (χ3v) is 4.84. The molecular weight excluding hydrogens is 276 g/mol.